The van der Waals surface area contributed by atoms with Gasteiger partial charge in [0, 0.05) is 73.0 Å². The minimum atomic E-state index is -2.76. The summed E-state index contributed by atoms with van der Waals surface area (Å²) in [6.07, 6.45) is 1.10. The molecule has 0 bridgehead atoms. The van der Waals surface area contributed by atoms with E-state index in [1.165, 1.54) is 33.4 Å². The van der Waals surface area contributed by atoms with Crippen LogP contribution in [0.4, 0.5) is 20.2 Å². The standard InChI is InChI=1S/C39H39ClF2N6O4/c1-25-34(39(51)48(31-20-43-44(2)22-31)29-8-10-32(49)11-9-29)19-36(46(25)24-37(41)42)35-18-28(40)7-12-33(35)38(50)47-21-27-6-4-3-5-26(27)17-30(47)23-45-13-15-52-16-14-45/h3-12,18-20,22,30,37,49H,13-17,21,23-24H2,1-2H3/t30-/m0/s1. The molecule has 1 atom stereocenters. The van der Waals surface area contributed by atoms with Gasteiger partial charge in [0.1, 0.15) is 5.75 Å². The number of carbonyl (C=O) groups is 2. The summed E-state index contributed by atoms with van der Waals surface area (Å²) in [7, 11) is 1.72. The number of phenolic OH excluding ortho intramolecular Hbond substituents is 1. The minimum absolute atomic E-state index is 0.0198. The van der Waals surface area contributed by atoms with Crippen LogP contribution in [0, 0.1) is 6.92 Å². The maximum atomic E-state index is 14.8. The van der Waals surface area contributed by atoms with Crippen LogP contribution in [-0.2, 0) is 31.3 Å². The summed E-state index contributed by atoms with van der Waals surface area (Å²) in [6, 6.07) is 20.5. The van der Waals surface area contributed by atoms with Crippen LogP contribution in [0.1, 0.15) is 37.5 Å². The molecule has 5 aromatic rings. The Balaban J connectivity index is 1.32. The van der Waals surface area contributed by atoms with Crippen molar-refractivity contribution in [2.75, 3.05) is 37.7 Å². The average molecular weight is 729 g/mol. The Bertz CT molecular complexity index is 2090. The number of hydrogen-bond donors (Lipinski definition) is 1. The number of phenols is 1. The molecule has 2 amide bonds. The predicted octanol–water partition coefficient (Wildman–Crippen LogP) is 6.70. The second kappa shape index (κ2) is 14.9. The smallest absolute Gasteiger partial charge is 0.264 e. The summed E-state index contributed by atoms with van der Waals surface area (Å²) in [6.45, 7) is 4.75. The molecule has 0 saturated carbocycles. The number of aromatic nitrogens is 3. The van der Waals surface area contributed by atoms with Crippen LogP contribution in [0.15, 0.2) is 85.2 Å². The van der Waals surface area contributed by atoms with Crippen molar-refractivity contribution in [2.45, 2.75) is 38.9 Å². The van der Waals surface area contributed by atoms with Gasteiger partial charge < -0.3 is 19.3 Å². The zero-order chi connectivity index (χ0) is 36.5. The van der Waals surface area contributed by atoms with Crippen molar-refractivity contribution in [3.05, 3.63) is 118 Å². The highest BCUT2D eigenvalue weighted by atomic mass is 35.5. The molecule has 4 heterocycles. The van der Waals surface area contributed by atoms with E-state index in [-0.39, 0.29) is 29.0 Å². The molecule has 0 unspecified atom stereocenters. The molecule has 2 aliphatic heterocycles. The number of fused-ring (bicyclic) bond motifs is 1. The topological polar surface area (TPSA) is 96.1 Å². The number of aromatic hydroxyl groups is 1. The van der Waals surface area contributed by atoms with Crippen LogP contribution in [0.5, 0.6) is 5.75 Å². The van der Waals surface area contributed by atoms with Gasteiger partial charge in [-0.2, -0.15) is 5.10 Å². The Morgan fingerprint density at radius 3 is 2.42 bits per heavy atom. The highest BCUT2D eigenvalue weighted by Gasteiger charge is 2.34. The third-order valence-electron chi connectivity index (χ3n) is 9.85. The van der Waals surface area contributed by atoms with E-state index in [1.54, 1.807) is 61.2 Å². The molecule has 3 aromatic carbocycles. The third-order valence-corrected chi connectivity index (χ3v) is 10.1. The van der Waals surface area contributed by atoms with E-state index in [9.17, 15) is 23.5 Å². The van der Waals surface area contributed by atoms with E-state index in [1.807, 2.05) is 23.1 Å². The monoisotopic (exact) mass is 728 g/mol. The van der Waals surface area contributed by atoms with Crippen LogP contribution in [-0.4, -0.2) is 86.4 Å². The molecule has 52 heavy (non-hydrogen) atoms. The summed E-state index contributed by atoms with van der Waals surface area (Å²) in [5, 5.41) is 14.5. The number of nitrogens with zero attached hydrogens (tertiary/aromatic N) is 6. The zero-order valence-electron chi connectivity index (χ0n) is 28.9. The molecule has 1 N–H and O–H groups in total. The molecule has 0 spiro atoms. The van der Waals surface area contributed by atoms with Crippen molar-refractivity contribution in [3.63, 3.8) is 0 Å². The number of carbonyl (C=O) groups excluding carboxylic acids is 2. The highest BCUT2D eigenvalue weighted by Crippen LogP contribution is 2.37. The fourth-order valence-electron chi connectivity index (χ4n) is 7.23. The van der Waals surface area contributed by atoms with Crippen molar-refractivity contribution in [3.8, 4) is 17.0 Å². The van der Waals surface area contributed by atoms with Crippen molar-refractivity contribution in [2.24, 2.45) is 7.05 Å². The number of hydrogen-bond acceptors (Lipinski definition) is 6. The lowest BCUT2D eigenvalue weighted by Gasteiger charge is -2.40. The van der Waals surface area contributed by atoms with E-state index in [0.717, 1.165) is 18.7 Å². The lowest BCUT2D eigenvalue weighted by Crippen LogP contribution is -2.52. The van der Waals surface area contributed by atoms with Gasteiger partial charge in [-0.15, -0.1) is 0 Å². The van der Waals surface area contributed by atoms with E-state index >= 15 is 0 Å². The first-order chi connectivity index (χ1) is 25.1. The molecule has 1 saturated heterocycles. The lowest BCUT2D eigenvalue weighted by molar-refractivity contribution is 0.0193. The van der Waals surface area contributed by atoms with Crippen molar-refractivity contribution in [1.82, 2.24) is 24.1 Å². The molecular formula is C39H39ClF2N6O4. The van der Waals surface area contributed by atoms with Gasteiger partial charge in [-0.3, -0.25) is 24.1 Å². The lowest BCUT2D eigenvalue weighted by atomic mass is 9.92. The quantitative estimate of drug-likeness (QED) is 0.182. The number of halogens is 3. The summed E-state index contributed by atoms with van der Waals surface area (Å²) in [4.78, 5) is 34.9. The zero-order valence-corrected chi connectivity index (χ0v) is 29.6. The van der Waals surface area contributed by atoms with Crippen LogP contribution in [0.2, 0.25) is 5.02 Å². The molecule has 13 heteroatoms. The fourth-order valence-corrected chi connectivity index (χ4v) is 7.40. The molecule has 10 nitrogen and oxygen atoms in total. The Hall–Kier alpha value is -5.04. The molecule has 7 rings (SSSR count). The van der Waals surface area contributed by atoms with E-state index in [0.29, 0.717) is 65.9 Å². The number of rotatable bonds is 9. The molecule has 1 fully saturated rings. The maximum Gasteiger partial charge on any atom is 0.264 e. The largest absolute Gasteiger partial charge is 0.508 e. The number of alkyl halides is 2. The molecule has 2 aromatic heterocycles. The van der Waals surface area contributed by atoms with Gasteiger partial charge >= 0.3 is 0 Å². The maximum absolute atomic E-state index is 14.8. The molecule has 2 aliphatic rings. The van der Waals surface area contributed by atoms with Crippen LogP contribution < -0.4 is 4.90 Å². The first-order valence-electron chi connectivity index (χ1n) is 17.2. The number of morpholine rings is 1. The van der Waals surface area contributed by atoms with Crippen LogP contribution >= 0.6 is 11.6 Å². The predicted molar refractivity (Wildman–Crippen MR) is 194 cm³/mol. The van der Waals surface area contributed by atoms with Gasteiger partial charge in [-0.25, -0.2) is 8.78 Å². The van der Waals surface area contributed by atoms with Gasteiger partial charge in [0.25, 0.3) is 18.2 Å². The Morgan fingerprint density at radius 1 is 1.00 bits per heavy atom. The Labute approximate surface area is 305 Å². The molecule has 0 radical (unpaired) electrons. The van der Waals surface area contributed by atoms with Crippen molar-refractivity contribution in [1.29, 1.82) is 0 Å². The summed E-state index contributed by atoms with van der Waals surface area (Å²) in [5.74, 6) is -0.735. The average Bonchev–Trinajstić information content (AvgIpc) is 3.70. The highest BCUT2D eigenvalue weighted by molar-refractivity contribution is 6.31. The van der Waals surface area contributed by atoms with E-state index in [2.05, 4.69) is 16.1 Å². The number of aryl methyl sites for hydroxylation is 1. The minimum Gasteiger partial charge on any atom is -0.508 e. The number of benzene rings is 3. The summed E-state index contributed by atoms with van der Waals surface area (Å²) >= 11 is 6.57. The molecular weight excluding hydrogens is 690 g/mol. The summed E-state index contributed by atoms with van der Waals surface area (Å²) < 4.78 is 37.1. The Morgan fingerprint density at radius 2 is 1.73 bits per heavy atom. The van der Waals surface area contributed by atoms with Gasteiger partial charge in [0.05, 0.1) is 42.9 Å². The van der Waals surface area contributed by atoms with Crippen molar-refractivity contribution >= 4 is 34.8 Å². The Kier molecular flexibility index (Phi) is 10.1. The van der Waals surface area contributed by atoms with E-state index in [4.69, 9.17) is 16.3 Å². The normalized spacial score (nSPS) is 16.3. The van der Waals surface area contributed by atoms with Gasteiger partial charge in [0.15, 0.2) is 0 Å². The van der Waals surface area contributed by atoms with E-state index < -0.39 is 18.9 Å². The van der Waals surface area contributed by atoms with Gasteiger partial charge in [-0.05, 0) is 73.0 Å². The second-order valence-corrected chi connectivity index (χ2v) is 13.7. The molecule has 270 valence electrons. The fraction of sp³-hybridized carbons (Fsp3) is 0.308. The van der Waals surface area contributed by atoms with Gasteiger partial charge in [-0.1, -0.05) is 35.9 Å². The third kappa shape index (κ3) is 7.19. The number of amides is 2. The second-order valence-electron chi connectivity index (χ2n) is 13.2. The van der Waals surface area contributed by atoms with Gasteiger partial charge in [0.2, 0.25) is 0 Å². The summed E-state index contributed by atoms with van der Waals surface area (Å²) in [5.41, 5.74) is 4.49. The first kappa shape index (κ1) is 35.4. The van der Waals surface area contributed by atoms with Crippen molar-refractivity contribution < 1.29 is 28.2 Å². The number of ether oxygens (including phenoxy) is 1. The first-order valence-corrected chi connectivity index (χ1v) is 17.5. The van der Waals surface area contributed by atoms with Crippen LogP contribution in [0.25, 0.3) is 11.3 Å². The van der Waals surface area contributed by atoms with Crippen LogP contribution in [0.3, 0.4) is 0 Å². The number of anilines is 2. The SMILES string of the molecule is Cc1c(C(=O)N(c2ccc(O)cc2)c2cnn(C)c2)cc(-c2cc(Cl)ccc2C(=O)N2Cc3ccccc3C[C@H]2CN2CCOCC2)n1CC(F)F. The molecule has 0 aliphatic carbocycles.